The summed E-state index contributed by atoms with van der Waals surface area (Å²) in [4.78, 5) is 10.5. The normalized spacial score (nSPS) is 19.4. The number of aromatic nitrogens is 6. The minimum Gasteiger partial charge on any atom is -0.476 e. The van der Waals surface area contributed by atoms with E-state index in [4.69, 9.17) is 4.74 Å². The third-order valence-electron chi connectivity index (χ3n) is 5.04. The van der Waals surface area contributed by atoms with Gasteiger partial charge in [0.1, 0.15) is 6.07 Å². The molecule has 27 heavy (non-hydrogen) atoms. The first kappa shape index (κ1) is 15.9. The maximum Gasteiger partial charge on any atom is 0.231 e. The summed E-state index contributed by atoms with van der Waals surface area (Å²) in [7, 11) is 0. The molecule has 2 fully saturated rings. The first-order valence-corrected chi connectivity index (χ1v) is 9.13. The fourth-order valence-electron chi connectivity index (χ4n) is 3.47. The van der Waals surface area contributed by atoms with Crippen molar-refractivity contribution in [3.63, 3.8) is 0 Å². The van der Waals surface area contributed by atoms with Gasteiger partial charge in [0.2, 0.25) is 5.88 Å². The van der Waals surface area contributed by atoms with Gasteiger partial charge >= 0.3 is 0 Å². The zero-order valence-electron chi connectivity index (χ0n) is 14.7. The van der Waals surface area contributed by atoms with Crippen molar-refractivity contribution in [2.24, 2.45) is 5.92 Å². The van der Waals surface area contributed by atoms with Crippen LogP contribution in [0.25, 0.3) is 5.65 Å². The van der Waals surface area contributed by atoms with Crippen molar-refractivity contribution in [2.45, 2.75) is 25.2 Å². The van der Waals surface area contributed by atoms with Gasteiger partial charge in [-0.3, -0.25) is 0 Å². The molecule has 2 aliphatic rings. The Bertz CT molecular complexity index is 1020. The van der Waals surface area contributed by atoms with Gasteiger partial charge in [-0.05, 0) is 25.3 Å². The monoisotopic (exact) mass is 362 g/mol. The summed E-state index contributed by atoms with van der Waals surface area (Å²) in [6.45, 7) is 2.19. The predicted molar refractivity (Wildman–Crippen MR) is 95.3 cm³/mol. The summed E-state index contributed by atoms with van der Waals surface area (Å²) in [6.07, 6.45) is 6.44. The van der Waals surface area contributed by atoms with Crippen LogP contribution in [0.15, 0.2) is 24.5 Å². The lowest BCUT2D eigenvalue weighted by atomic mass is 10.1. The van der Waals surface area contributed by atoms with Crippen molar-refractivity contribution in [2.75, 3.05) is 24.6 Å². The van der Waals surface area contributed by atoms with E-state index in [9.17, 15) is 5.26 Å². The zero-order valence-corrected chi connectivity index (χ0v) is 14.7. The van der Waals surface area contributed by atoms with Gasteiger partial charge in [0, 0.05) is 43.4 Å². The quantitative estimate of drug-likeness (QED) is 0.673. The van der Waals surface area contributed by atoms with E-state index in [1.54, 1.807) is 16.9 Å². The first-order chi connectivity index (χ1) is 13.3. The largest absolute Gasteiger partial charge is 0.476 e. The Balaban J connectivity index is 1.25. The Hall–Kier alpha value is -3.28. The molecule has 1 aliphatic heterocycles. The Labute approximate surface area is 155 Å². The number of nitrogens with zero attached hydrogens (tertiary/aromatic N) is 8. The van der Waals surface area contributed by atoms with Crippen LogP contribution in [0.1, 0.15) is 36.7 Å². The summed E-state index contributed by atoms with van der Waals surface area (Å²) in [5.74, 6) is 2.99. The standard InChI is InChI=1S/C18H18N8O/c19-9-14-18(21-7-6-20-14)25-8-5-12(10-25)11-27-16-4-3-15-22-23-17(13-1-2-13)26(15)24-16/h3-4,6-7,12-13H,1-2,5,8,10-11H2. The van der Waals surface area contributed by atoms with Crippen molar-refractivity contribution in [3.8, 4) is 11.9 Å². The van der Waals surface area contributed by atoms with Crippen LogP contribution in [0.2, 0.25) is 0 Å². The van der Waals surface area contributed by atoms with Crippen LogP contribution in [0.5, 0.6) is 5.88 Å². The molecule has 9 heteroatoms. The van der Waals surface area contributed by atoms with Crippen molar-refractivity contribution < 1.29 is 4.74 Å². The number of rotatable bonds is 5. The Morgan fingerprint density at radius 1 is 1.15 bits per heavy atom. The van der Waals surface area contributed by atoms with Crippen LogP contribution in [0, 0.1) is 17.2 Å². The lowest BCUT2D eigenvalue weighted by Crippen LogP contribution is -2.24. The van der Waals surface area contributed by atoms with Crippen LogP contribution in [-0.4, -0.2) is 49.5 Å². The lowest BCUT2D eigenvalue weighted by Gasteiger charge is -2.17. The average Bonchev–Trinajstić information content (AvgIpc) is 3.29. The smallest absolute Gasteiger partial charge is 0.231 e. The molecule has 0 radical (unpaired) electrons. The molecule has 136 valence electrons. The Morgan fingerprint density at radius 2 is 2.04 bits per heavy atom. The molecule has 9 nitrogen and oxygen atoms in total. The molecule has 3 aromatic heterocycles. The Kier molecular flexibility index (Phi) is 3.81. The van der Waals surface area contributed by atoms with Crippen LogP contribution < -0.4 is 9.64 Å². The topological polar surface area (TPSA) is 105 Å². The summed E-state index contributed by atoms with van der Waals surface area (Å²) >= 11 is 0. The third kappa shape index (κ3) is 3.03. The van der Waals surface area contributed by atoms with Crippen molar-refractivity contribution in [1.82, 2.24) is 29.8 Å². The molecule has 0 bridgehead atoms. The van der Waals surface area contributed by atoms with Gasteiger partial charge in [-0.1, -0.05) is 0 Å². The van der Waals surface area contributed by atoms with E-state index in [2.05, 4.69) is 36.2 Å². The highest BCUT2D eigenvalue weighted by molar-refractivity contribution is 5.50. The summed E-state index contributed by atoms with van der Waals surface area (Å²) in [6, 6.07) is 5.83. The molecule has 4 heterocycles. The van der Waals surface area contributed by atoms with Crippen LogP contribution in [0.4, 0.5) is 5.82 Å². The molecule has 1 unspecified atom stereocenters. The molecule has 0 aromatic carbocycles. The fourth-order valence-corrected chi connectivity index (χ4v) is 3.47. The van der Waals surface area contributed by atoms with Gasteiger partial charge in [0.25, 0.3) is 0 Å². The highest BCUT2D eigenvalue weighted by Gasteiger charge is 2.30. The molecule has 1 atom stereocenters. The van der Waals surface area contributed by atoms with Crippen LogP contribution in [-0.2, 0) is 0 Å². The minimum atomic E-state index is 0.347. The van der Waals surface area contributed by atoms with Crippen molar-refractivity contribution >= 4 is 11.5 Å². The second-order valence-electron chi connectivity index (χ2n) is 7.03. The molecule has 1 saturated carbocycles. The molecule has 0 spiro atoms. The second kappa shape index (κ2) is 6.46. The van der Waals surface area contributed by atoms with E-state index in [0.29, 0.717) is 35.8 Å². The molecular formula is C18H18N8O. The third-order valence-corrected chi connectivity index (χ3v) is 5.04. The van der Waals surface area contributed by atoms with Gasteiger partial charge in [-0.2, -0.15) is 9.78 Å². The van der Waals surface area contributed by atoms with Gasteiger partial charge in [0.05, 0.1) is 6.61 Å². The highest BCUT2D eigenvalue weighted by atomic mass is 16.5. The number of ether oxygens (including phenoxy) is 1. The molecule has 1 aliphatic carbocycles. The zero-order chi connectivity index (χ0) is 18.2. The second-order valence-corrected chi connectivity index (χ2v) is 7.03. The number of nitriles is 1. The summed E-state index contributed by atoms with van der Waals surface area (Å²) in [5, 5.41) is 22.2. The SMILES string of the molecule is N#Cc1nccnc1N1CCC(COc2ccc3nnc(C4CC4)n3n2)C1. The number of hydrogen-bond acceptors (Lipinski definition) is 8. The summed E-state index contributed by atoms with van der Waals surface area (Å²) in [5.41, 5.74) is 1.12. The average molecular weight is 362 g/mol. The number of anilines is 1. The molecule has 0 amide bonds. The minimum absolute atomic E-state index is 0.347. The van der Waals surface area contributed by atoms with Crippen LogP contribution in [0.3, 0.4) is 0 Å². The van der Waals surface area contributed by atoms with E-state index in [-0.39, 0.29) is 0 Å². The van der Waals surface area contributed by atoms with Crippen LogP contribution >= 0.6 is 0 Å². The maximum atomic E-state index is 9.21. The molecule has 5 rings (SSSR count). The van der Waals surface area contributed by atoms with Gasteiger partial charge < -0.3 is 9.64 Å². The number of hydrogen-bond donors (Lipinski definition) is 0. The fraction of sp³-hybridized carbons (Fsp3) is 0.444. The van der Waals surface area contributed by atoms with E-state index < -0.39 is 0 Å². The molecule has 3 aromatic rings. The van der Waals surface area contributed by atoms with E-state index >= 15 is 0 Å². The molecule has 0 N–H and O–H groups in total. The summed E-state index contributed by atoms with van der Waals surface area (Å²) < 4.78 is 7.75. The van der Waals surface area contributed by atoms with Crippen molar-refractivity contribution in [3.05, 3.63) is 36.0 Å². The predicted octanol–water partition coefficient (Wildman–Crippen LogP) is 1.57. The van der Waals surface area contributed by atoms with Gasteiger partial charge in [0.15, 0.2) is 23.0 Å². The van der Waals surface area contributed by atoms with E-state index in [0.717, 1.165) is 43.8 Å². The Morgan fingerprint density at radius 3 is 2.89 bits per heavy atom. The molecular weight excluding hydrogens is 344 g/mol. The van der Waals surface area contributed by atoms with E-state index in [1.807, 2.05) is 12.1 Å². The molecule has 1 saturated heterocycles. The van der Waals surface area contributed by atoms with Gasteiger partial charge in [-0.25, -0.2) is 9.97 Å². The van der Waals surface area contributed by atoms with E-state index in [1.165, 1.54) is 0 Å². The maximum absolute atomic E-state index is 9.21. The van der Waals surface area contributed by atoms with Crippen molar-refractivity contribution in [1.29, 1.82) is 5.26 Å². The van der Waals surface area contributed by atoms with Gasteiger partial charge in [-0.15, -0.1) is 15.3 Å². The first-order valence-electron chi connectivity index (χ1n) is 9.13. The lowest BCUT2D eigenvalue weighted by molar-refractivity contribution is 0.248. The highest BCUT2D eigenvalue weighted by Crippen LogP contribution is 2.38. The number of fused-ring (bicyclic) bond motifs is 1.